The molecule has 2 aliphatic rings. The lowest BCUT2D eigenvalue weighted by Crippen LogP contribution is -2.63. The van der Waals surface area contributed by atoms with Gasteiger partial charge in [-0.05, 0) is 59.4 Å². The molecule has 1 heterocycles. The van der Waals surface area contributed by atoms with Crippen molar-refractivity contribution >= 4 is 22.6 Å². The van der Waals surface area contributed by atoms with Gasteiger partial charge in [0.15, 0.2) is 5.78 Å². The first-order valence-corrected chi connectivity index (χ1v) is 14.1. The zero-order chi connectivity index (χ0) is 27.0. The van der Waals surface area contributed by atoms with Crippen molar-refractivity contribution in [1.82, 2.24) is 0 Å². The van der Waals surface area contributed by atoms with Gasteiger partial charge in [-0.15, -0.1) is 0 Å². The van der Waals surface area contributed by atoms with Crippen LogP contribution in [0.25, 0.3) is 11.1 Å². The van der Waals surface area contributed by atoms with Crippen LogP contribution in [0.3, 0.4) is 0 Å². The molecule has 4 aromatic carbocycles. The average Bonchev–Trinajstić information content (AvgIpc) is 3.21. The number of nitrogens with zero attached hydrogens (tertiary/aromatic N) is 1. The van der Waals surface area contributed by atoms with E-state index in [1.165, 1.54) is 16.8 Å². The van der Waals surface area contributed by atoms with E-state index in [2.05, 4.69) is 117 Å². The molecule has 3 atom stereocenters. The van der Waals surface area contributed by atoms with Crippen LogP contribution in [-0.4, -0.2) is 17.9 Å². The molecule has 2 nitrogen and oxygen atoms in total. The summed E-state index contributed by atoms with van der Waals surface area (Å²) < 4.78 is 0. The maximum Gasteiger partial charge on any atom is 0.173 e. The summed E-state index contributed by atoms with van der Waals surface area (Å²) in [7, 11) is 0. The van der Waals surface area contributed by atoms with Crippen molar-refractivity contribution in [2.45, 2.75) is 38.1 Å². The van der Waals surface area contributed by atoms with Crippen LogP contribution in [0.4, 0.5) is 5.69 Å². The Kier molecular flexibility index (Phi) is 6.35. The summed E-state index contributed by atoms with van der Waals surface area (Å²) in [5.74, 6) is -0.230. The summed E-state index contributed by atoms with van der Waals surface area (Å²) >= 11 is 0. The van der Waals surface area contributed by atoms with E-state index in [9.17, 15) is 4.79 Å². The number of carbonyl (C=O) groups is 1. The Hall–Kier alpha value is -4.17. The molecule has 1 aliphatic carbocycles. The van der Waals surface area contributed by atoms with E-state index in [1.54, 1.807) is 0 Å². The highest BCUT2D eigenvalue weighted by Gasteiger charge is 2.63. The lowest BCUT2D eigenvalue weighted by Gasteiger charge is -2.54. The van der Waals surface area contributed by atoms with E-state index in [4.69, 9.17) is 0 Å². The van der Waals surface area contributed by atoms with E-state index in [-0.39, 0.29) is 11.2 Å². The zero-order valence-electron chi connectivity index (χ0n) is 23.0. The van der Waals surface area contributed by atoms with Gasteiger partial charge in [0.1, 0.15) is 0 Å². The van der Waals surface area contributed by atoms with Crippen molar-refractivity contribution < 1.29 is 4.79 Å². The van der Waals surface area contributed by atoms with Gasteiger partial charge in [0, 0.05) is 23.2 Å². The van der Waals surface area contributed by atoms with Crippen LogP contribution in [-0.2, 0) is 5.41 Å². The quantitative estimate of drug-likeness (QED) is 0.243. The van der Waals surface area contributed by atoms with E-state index in [1.807, 2.05) is 36.4 Å². The van der Waals surface area contributed by atoms with Crippen LogP contribution >= 0.6 is 0 Å². The summed E-state index contributed by atoms with van der Waals surface area (Å²) in [6, 6.07) is 39.8. The monoisotopic (exact) mass is 509 g/mol. The Morgan fingerprint density at radius 1 is 0.744 bits per heavy atom. The maximum atomic E-state index is 14.9. The number of carbonyl (C=O) groups excluding carboxylic acids is 1. The topological polar surface area (TPSA) is 20.3 Å². The summed E-state index contributed by atoms with van der Waals surface area (Å²) in [4.78, 5) is 17.4. The molecule has 0 radical (unpaired) electrons. The number of ketones is 1. The zero-order valence-corrected chi connectivity index (χ0v) is 23.0. The molecule has 4 aromatic rings. The molecule has 0 saturated heterocycles. The normalized spacial score (nSPS) is 23.8. The lowest BCUT2D eigenvalue weighted by atomic mass is 9.55. The molecule has 0 aromatic heterocycles. The first-order valence-electron chi connectivity index (χ1n) is 14.1. The smallest absolute Gasteiger partial charge is 0.173 e. The van der Waals surface area contributed by atoms with Crippen LogP contribution in [0.15, 0.2) is 127 Å². The molecule has 0 N–H and O–H groups in total. The SMILES string of the molecule is CCN1c2ccccc2C(C)(CC)C12C=C(c1ccccc1)C=C(c1ccccc1)C2C(=O)c1ccccc1. The maximum absolute atomic E-state index is 14.9. The minimum Gasteiger partial charge on any atom is -0.360 e. The molecule has 0 bridgehead atoms. The van der Waals surface area contributed by atoms with Crippen molar-refractivity contribution in [3.8, 4) is 0 Å². The highest BCUT2D eigenvalue weighted by molar-refractivity contribution is 6.10. The number of benzene rings is 4. The largest absolute Gasteiger partial charge is 0.360 e. The number of likely N-dealkylation sites (N-methyl/N-ethyl adjacent to an activating group) is 1. The molecule has 0 saturated carbocycles. The molecule has 39 heavy (non-hydrogen) atoms. The number of allylic oxidation sites excluding steroid dienone is 2. The van der Waals surface area contributed by atoms with Gasteiger partial charge in [0.25, 0.3) is 0 Å². The van der Waals surface area contributed by atoms with Gasteiger partial charge in [0.05, 0.1) is 11.5 Å². The van der Waals surface area contributed by atoms with E-state index < -0.39 is 11.5 Å². The number of fused-ring (bicyclic) bond motifs is 1. The fourth-order valence-electron chi connectivity index (χ4n) is 7.14. The van der Waals surface area contributed by atoms with Crippen LogP contribution in [0.5, 0.6) is 0 Å². The average molecular weight is 510 g/mol. The van der Waals surface area contributed by atoms with Crippen LogP contribution in [0.1, 0.15) is 54.2 Å². The number of hydrogen-bond acceptors (Lipinski definition) is 2. The predicted octanol–water partition coefficient (Wildman–Crippen LogP) is 8.61. The number of Topliss-reactive ketones (excluding diaryl/α,β-unsaturated/α-hetero) is 1. The van der Waals surface area contributed by atoms with Crippen molar-refractivity contribution in [2.24, 2.45) is 5.92 Å². The first-order chi connectivity index (χ1) is 19.0. The second-order valence-electron chi connectivity index (χ2n) is 10.9. The summed E-state index contributed by atoms with van der Waals surface area (Å²) in [6.45, 7) is 7.67. The molecule has 6 rings (SSSR count). The molecule has 194 valence electrons. The Morgan fingerprint density at radius 2 is 1.31 bits per heavy atom. The third-order valence-corrected chi connectivity index (χ3v) is 9.12. The van der Waals surface area contributed by atoms with Crippen molar-refractivity contribution in [3.05, 3.63) is 150 Å². The Balaban J connectivity index is 1.72. The van der Waals surface area contributed by atoms with Gasteiger partial charge in [-0.25, -0.2) is 0 Å². The van der Waals surface area contributed by atoms with Crippen LogP contribution in [0, 0.1) is 5.92 Å². The molecule has 1 aliphatic heterocycles. The molecule has 0 amide bonds. The first kappa shape index (κ1) is 25.1. The van der Waals surface area contributed by atoms with E-state index >= 15 is 0 Å². The Bertz CT molecular complexity index is 1550. The third-order valence-electron chi connectivity index (χ3n) is 9.12. The standard InChI is InChI=1S/C37H35NO/c1-4-36(3)32-23-15-16-24-33(32)38(5-2)37(36)26-30(27-17-9-6-10-18-27)25-31(28-19-11-7-12-20-28)34(37)35(39)29-21-13-8-14-22-29/h6-26,34H,4-5H2,1-3H3. The number of hydrogen-bond donors (Lipinski definition) is 0. The second kappa shape index (κ2) is 9.85. The highest BCUT2D eigenvalue weighted by atomic mass is 16.1. The van der Waals surface area contributed by atoms with Crippen LogP contribution < -0.4 is 4.90 Å². The summed E-state index contributed by atoms with van der Waals surface area (Å²) in [5, 5.41) is 0. The number of rotatable bonds is 6. The van der Waals surface area contributed by atoms with Crippen molar-refractivity contribution in [1.29, 1.82) is 0 Å². The van der Waals surface area contributed by atoms with E-state index in [0.29, 0.717) is 0 Å². The molecular formula is C37H35NO. The molecule has 0 fully saturated rings. The Morgan fingerprint density at radius 3 is 1.92 bits per heavy atom. The van der Waals surface area contributed by atoms with Crippen molar-refractivity contribution in [3.63, 3.8) is 0 Å². The fourth-order valence-corrected chi connectivity index (χ4v) is 7.14. The third kappa shape index (κ3) is 3.73. The minimum absolute atomic E-state index is 0.167. The Labute approximate surface area is 232 Å². The van der Waals surface area contributed by atoms with Gasteiger partial charge in [-0.2, -0.15) is 0 Å². The second-order valence-corrected chi connectivity index (χ2v) is 10.9. The lowest BCUT2D eigenvalue weighted by molar-refractivity contribution is 0.0874. The van der Waals surface area contributed by atoms with Gasteiger partial charge in [-0.3, -0.25) is 4.79 Å². The van der Waals surface area contributed by atoms with Gasteiger partial charge in [0.2, 0.25) is 0 Å². The predicted molar refractivity (Wildman–Crippen MR) is 163 cm³/mol. The summed E-state index contributed by atoms with van der Waals surface area (Å²) in [5.41, 5.74) is 6.91. The molecule has 3 unspecified atom stereocenters. The number of anilines is 1. The molecule has 1 spiro atoms. The molecular weight excluding hydrogens is 474 g/mol. The number of para-hydroxylation sites is 1. The fraction of sp³-hybridized carbons (Fsp3) is 0.216. The minimum atomic E-state index is -0.599. The van der Waals surface area contributed by atoms with Crippen LogP contribution in [0.2, 0.25) is 0 Å². The van der Waals surface area contributed by atoms with Gasteiger partial charge in [-0.1, -0.05) is 123 Å². The highest BCUT2D eigenvalue weighted by Crippen LogP contribution is 2.62. The van der Waals surface area contributed by atoms with Gasteiger partial charge < -0.3 is 4.90 Å². The molecule has 2 heteroatoms. The van der Waals surface area contributed by atoms with Gasteiger partial charge >= 0.3 is 0 Å². The van der Waals surface area contributed by atoms with Crippen molar-refractivity contribution in [2.75, 3.05) is 11.4 Å². The van der Waals surface area contributed by atoms with E-state index in [0.717, 1.165) is 35.2 Å². The summed E-state index contributed by atoms with van der Waals surface area (Å²) in [6.07, 6.45) is 5.61.